The van der Waals surface area contributed by atoms with E-state index in [9.17, 15) is 4.79 Å². The zero-order valence-corrected chi connectivity index (χ0v) is 10.1. The van der Waals surface area contributed by atoms with Crippen LogP contribution >= 0.6 is 0 Å². The quantitative estimate of drug-likeness (QED) is 0.782. The van der Waals surface area contributed by atoms with Gasteiger partial charge in [-0.1, -0.05) is 6.42 Å². The number of hydrogen-bond acceptors (Lipinski definition) is 2. The van der Waals surface area contributed by atoms with Gasteiger partial charge < -0.3 is 10.2 Å². The molecule has 0 spiro atoms. The van der Waals surface area contributed by atoms with Crippen molar-refractivity contribution in [1.82, 2.24) is 10.2 Å². The molecule has 1 N–H and O–H groups in total. The van der Waals surface area contributed by atoms with E-state index in [1.54, 1.807) is 0 Å². The van der Waals surface area contributed by atoms with Gasteiger partial charge in [0, 0.05) is 25.7 Å². The van der Waals surface area contributed by atoms with Gasteiger partial charge in [-0.2, -0.15) is 0 Å². The second-order valence-electron chi connectivity index (χ2n) is 5.91. The van der Waals surface area contributed by atoms with Gasteiger partial charge in [0.2, 0.25) is 5.91 Å². The summed E-state index contributed by atoms with van der Waals surface area (Å²) >= 11 is 0. The Labute approximate surface area is 97.6 Å². The van der Waals surface area contributed by atoms with Crippen LogP contribution in [0.3, 0.4) is 0 Å². The van der Waals surface area contributed by atoms with Crippen LogP contribution in [0.15, 0.2) is 0 Å². The minimum atomic E-state index is 0.281. The van der Waals surface area contributed by atoms with Gasteiger partial charge in [-0.3, -0.25) is 4.79 Å². The van der Waals surface area contributed by atoms with Crippen LogP contribution in [0.25, 0.3) is 0 Å². The minimum absolute atomic E-state index is 0.281. The number of nitrogens with one attached hydrogen (secondary N) is 1. The first kappa shape index (κ1) is 10.6. The molecule has 90 valence electrons. The summed E-state index contributed by atoms with van der Waals surface area (Å²) in [5.74, 6) is 1.47. The van der Waals surface area contributed by atoms with E-state index in [1.165, 1.54) is 32.1 Å². The van der Waals surface area contributed by atoms with Crippen LogP contribution < -0.4 is 5.32 Å². The van der Waals surface area contributed by atoms with Crippen molar-refractivity contribution in [3.8, 4) is 0 Å². The topological polar surface area (TPSA) is 32.3 Å². The molecule has 16 heavy (non-hydrogen) atoms. The van der Waals surface area contributed by atoms with Crippen molar-refractivity contribution in [2.24, 2.45) is 11.8 Å². The molecule has 1 amide bonds. The van der Waals surface area contributed by atoms with Gasteiger partial charge in [-0.05, 0) is 38.0 Å². The fraction of sp³-hybridized carbons (Fsp3) is 0.923. The standard InChI is InChI=1S/C13H22N2O/c1-15(8-9-3-2-4-9)13(16)11-7-10-5-6-12(11)14-10/h9-12,14H,2-8H2,1H3. The first-order valence-electron chi connectivity index (χ1n) is 6.75. The highest BCUT2D eigenvalue weighted by atomic mass is 16.2. The first-order valence-corrected chi connectivity index (χ1v) is 6.75. The summed E-state index contributed by atoms with van der Waals surface area (Å²) in [7, 11) is 1.99. The highest BCUT2D eigenvalue weighted by Gasteiger charge is 2.43. The van der Waals surface area contributed by atoms with Gasteiger partial charge in [0.1, 0.15) is 0 Å². The molecule has 0 radical (unpaired) electrons. The first-order chi connectivity index (χ1) is 7.74. The number of hydrogen-bond donors (Lipinski definition) is 1. The Kier molecular flexibility index (Phi) is 2.66. The molecule has 3 heteroatoms. The molecule has 2 heterocycles. The van der Waals surface area contributed by atoms with Crippen molar-refractivity contribution in [1.29, 1.82) is 0 Å². The number of rotatable bonds is 3. The van der Waals surface area contributed by atoms with Crippen LogP contribution in [0, 0.1) is 11.8 Å². The molecule has 3 unspecified atom stereocenters. The van der Waals surface area contributed by atoms with Crippen molar-refractivity contribution in [2.45, 2.75) is 50.6 Å². The Morgan fingerprint density at radius 1 is 1.31 bits per heavy atom. The van der Waals surface area contributed by atoms with Gasteiger partial charge in [0.25, 0.3) is 0 Å². The van der Waals surface area contributed by atoms with Crippen LogP contribution in [0.2, 0.25) is 0 Å². The smallest absolute Gasteiger partial charge is 0.227 e. The Hall–Kier alpha value is -0.570. The summed E-state index contributed by atoms with van der Waals surface area (Å²) in [5, 5.41) is 3.55. The predicted molar refractivity (Wildman–Crippen MR) is 63.0 cm³/mol. The minimum Gasteiger partial charge on any atom is -0.345 e. The van der Waals surface area contributed by atoms with Crippen LogP contribution in [0.4, 0.5) is 0 Å². The molecule has 1 saturated carbocycles. The third kappa shape index (κ3) is 1.75. The monoisotopic (exact) mass is 222 g/mol. The van der Waals surface area contributed by atoms with E-state index in [-0.39, 0.29) is 5.92 Å². The predicted octanol–water partition coefficient (Wildman–Crippen LogP) is 1.39. The lowest BCUT2D eigenvalue weighted by Crippen LogP contribution is -2.41. The molecule has 0 aromatic heterocycles. The average molecular weight is 222 g/mol. The van der Waals surface area contributed by atoms with Crippen LogP contribution in [0.5, 0.6) is 0 Å². The maximum absolute atomic E-state index is 12.3. The summed E-state index contributed by atoms with van der Waals surface area (Å²) in [4.78, 5) is 14.3. The molecule has 2 saturated heterocycles. The Morgan fingerprint density at radius 3 is 2.62 bits per heavy atom. The average Bonchev–Trinajstić information content (AvgIpc) is 2.83. The van der Waals surface area contributed by atoms with Crippen LogP contribution in [-0.2, 0) is 4.79 Å². The summed E-state index contributed by atoms with van der Waals surface area (Å²) in [6.07, 6.45) is 7.58. The van der Waals surface area contributed by atoms with Gasteiger partial charge in [-0.25, -0.2) is 0 Å². The SMILES string of the molecule is CN(CC1CCC1)C(=O)C1CC2CCC1N2. The third-order valence-corrected chi connectivity index (χ3v) is 4.75. The lowest BCUT2D eigenvalue weighted by atomic mass is 9.84. The summed E-state index contributed by atoms with van der Waals surface area (Å²) in [6.45, 7) is 0.993. The lowest BCUT2D eigenvalue weighted by Gasteiger charge is -2.32. The van der Waals surface area contributed by atoms with Gasteiger partial charge in [0.15, 0.2) is 0 Å². The molecule has 0 aromatic rings. The number of nitrogens with zero attached hydrogens (tertiary/aromatic N) is 1. The second-order valence-corrected chi connectivity index (χ2v) is 5.91. The molecule has 3 nitrogen and oxygen atoms in total. The molecule has 2 aliphatic heterocycles. The Morgan fingerprint density at radius 2 is 2.12 bits per heavy atom. The molecule has 3 rings (SSSR count). The molecule has 1 aliphatic carbocycles. The number of carbonyl (C=O) groups is 1. The summed E-state index contributed by atoms with van der Waals surface area (Å²) in [6, 6.07) is 1.12. The maximum atomic E-state index is 12.3. The van der Waals surface area contributed by atoms with Crippen LogP contribution in [0.1, 0.15) is 38.5 Å². The normalized spacial score (nSPS) is 37.4. The van der Waals surface area contributed by atoms with E-state index in [2.05, 4.69) is 5.32 Å². The van der Waals surface area contributed by atoms with Crippen molar-refractivity contribution in [3.63, 3.8) is 0 Å². The molecule has 3 atom stereocenters. The van der Waals surface area contributed by atoms with Crippen molar-refractivity contribution < 1.29 is 4.79 Å². The Balaban J connectivity index is 1.55. The number of amides is 1. The second kappa shape index (κ2) is 4.02. The summed E-state index contributed by atoms with van der Waals surface area (Å²) in [5.41, 5.74) is 0. The van der Waals surface area contributed by atoms with E-state index in [0.29, 0.717) is 18.0 Å². The zero-order valence-electron chi connectivity index (χ0n) is 10.1. The fourth-order valence-electron chi connectivity index (χ4n) is 3.53. The molecule has 3 fully saturated rings. The zero-order chi connectivity index (χ0) is 11.1. The van der Waals surface area contributed by atoms with E-state index in [4.69, 9.17) is 0 Å². The van der Waals surface area contributed by atoms with Crippen molar-refractivity contribution in [3.05, 3.63) is 0 Å². The maximum Gasteiger partial charge on any atom is 0.227 e. The highest BCUT2D eigenvalue weighted by Crippen LogP contribution is 2.35. The van der Waals surface area contributed by atoms with Gasteiger partial charge in [-0.15, -0.1) is 0 Å². The summed E-state index contributed by atoms with van der Waals surface area (Å²) < 4.78 is 0. The lowest BCUT2D eigenvalue weighted by molar-refractivity contribution is -0.135. The van der Waals surface area contributed by atoms with Gasteiger partial charge >= 0.3 is 0 Å². The number of carbonyl (C=O) groups excluding carboxylic acids is 1. The molecule has 3 aliphatic rings. The third-order valence-electron chi connectivity index (χ3n) is 4.75. The van der Waals surface area contributed by atoms with E-state index in [0.717, 1.165) is 18.9 Å². The van der Waals surface area contributed by atoms with Crippen molar-refractivity contribution >= 4 is 5.91 Å². The Bertz CT molecular complexity index is 288. The largest absolute Gasteiger partial charge is 0.345 e. The van der Waals surface area contributed by atoms with E-state index in [1.807, 2.05) is 11.9 Å². The van der Waals surface area contributed by atoms with Crippen LogP contribution in [-0.4, -0.2) is 36.5 Å². The molecular weight excluding hydrogens is 200 g/mol. The molecule has 2 bridgehead atoms. The molecular formula is C13H22N2O. The number of fused-ring (bicyclic) bond motifs is 2. The van der Waals surface area contributed by atoms with Gasteiger partial charge in [0.05, 0.1) is 5.92 Å². The van der Waals surface area contributed by atoms with E-state index >= 15 is 0 Å². The van der Waals surface area contributed by atoms with Crippen molar-refractivity contribution in [2.75, 3.05) is 13.6 Å². The fourth-order valence-corrected chi connectivity index (χ4v) is 3.53. The van der Waals surface area contributed by atoms with E-state index < -0.39 is 0 Å². The highest BCUT2D eigenvalue weighted by molar-refractivity contribution is 5.80. The molecule has 0 aromatic carbocycles.